The zero-order valence-corrected chi connectivity index (χ0v) is 6.68. The van der Waals surface area contributed by atoms with Crippen LogP contribution in [0, 0.1) is 0 Å². The molecule has 0 aliphatic rings. The molecule has 1 atom stereocenters. The van der Waals surface area contributed by atoms with Gasteiger partial charge < -0.3 is 16.4 Å². The molecular weight excluding hydrogens is 146 g/mol. The van der Waals surface area contributed by atoms with Crippen LogP contribution in [0.25, 0.3) is 0 Å². The van der Waals surface area contributed by atoms with E-state index in [4.69, 9.17) is 5.73 Å². The second-order valence-corrected chi connectivity index (χ2v) is 2.13. The molecule has 0 aliphatic carbocycles. The van der Waals surface area contributed by atoms with E-state index in [-0.39, 0.29) is 6.03 Å². The average molecular weight is 159 g/mol. The van der Waals surface area contributed by atoms with Gasteiger partial charge in [-0.15, -0.1) is 0 Å². The van der Waals surface area contributed by atoms with Crippen molar-refractivity contribution in [3.8, 4) is 0 Å². The number of rotatable bonds is 3. The van der Waals surface area contributed by atoms with E-state index >= 15 is 0 Å². The Kier molecular flexibility index (Phi) is 4.02. The zero-order chi connectivity index (χ0) is 8.85. The van der Waals surface area contributed by atoms with Crippen molar-refractivity contribution in [2.45, 2.75) is 19.9 Å². The Bertz CT molecular complexity index is 158. The molecule has 0 aromatic heterocycles. The molecule has 0 saturated heterocycles. The maximum Gasteiger partial charge on any atom is 0.315 e. The van der Waals surface area contributed by atoms with Gasteiger partial charge in [0.15, 0.2) is 0 Å². The van der Waals surface area contributed by atoms with Crippen LogP contribution in [0.2, 0.25) is 0 Å². The molecule has 0 aromatic carbocycles. The Morgan fingerprint density at radius 3 is 2.45 bits per heavy atom. The monoisotopic (exact) mass is 159 g/mol. The summed E-state index contributed by atoms with van der Waals surface area (Å²) in [5.41, 5.74) is 4.90. The number of nitrogens with one attached hydrogen (secondary N) is 2. The lowest BCUT2D eigenvalue weighted by atomic mass is 10.3. The molecule has 0 aromatic rings. The molecule has 5 heteroatoms. The smallest absolute Gasteiger partial charge is 0.315 e. The van der Waals surface area contributed by atoms with Crippen LogP contribution in [0.4, 0.5) is 4.79 Å². The van der Waals surface area contributed by atoms with E-state index in [0.29, 0.717) is 6.54 Å². The first-order valence-corrected chi connectivity index (χ1v) is 3.41. The van der Waals surface area contributed by atoms with E-state index < -0.39 is 11.9 Å². The molecule has 0 rings (SSSR count). The van der Waals surface area contributed by atoms with Crippen LogP contribution in [-0.2, 0) is 4.79 Å². The zero-order valence-electron chi connectivity index (χ0n) is 6.68. The molecule has 0 spiro atoms. The third kappa shape index (κ3) is 4.19. The van der Waals surface area contributed by atoms with Gasteiger partial charge in [-0.25, -0.2) is 4.79 Å². The predicted molar refractivity (Wildman–Crippen MR) is 40.9 cm³/mol. The summed E-state index contributed by atoms with van der Waals surface area (Å²) in [5, 5.41) is 4.83. The van der Waals surface area contributed by atoms with E-state index in [1.165, 1.54) is 6.92 Å². The Morgan fingerprint density at radius 2 is 2.09 bits per heavy atom. The lowest BCUT2D eigenvalue weighted by molar-refractivity contribution is -0.119. The van der Waals surface area contributed by atoms with E-state index in [1.807, 2.05) is 0 Å². The molecule has 4 N–H and O–H groups in total. The average Bonchev–Trinajstić information content (AvgIpc) is 1.87. The topological polar surface area (TPSA) is 84.2 Å². The van der Waals surface area contributed by atoms with Gasteiger partial charge in [-0.05, 0) is 13.8 Å². The molecule has 1 unspecified atom stereocenters. The second kappa shape index (κ2) is 4.54. The van der Waals surface area contributed by atoms with Crippen LogP contribution in [0.15, 0.2) is 0 Å². The highest BCUT2D eigenvalue weighted by Crippen LogP contribution is 1.77. The molecule has 11 heavy (non-hydrogen) atoms. The summed E-state index contributed by atoms with van der Waals surface area (Å²) in [6.07, 6.45) is 0. The fraction of sp³-hybridized carbons (Fsp3) is 0.667. The largest absolute Gasteiger partial charge is 0.368 e. The van der Waals surface area contributed by atoms with Crippen molar-refractivity contribution < 1.29 is 9.59 Å². The molecule has 0 saturated carbocycles. The third-order valence-electron chi connectivity index (χ3n) is 1.11. The number of urea groups is 1. The quantitative estimate of drug-likeness (QED) is 0.502. The summed E-state index contributed by atoms with van der Waals surface area (Å²) in [6, 6.07) is -1.000. The van der Waals surface area contributed by atoms with Crippen LogP contribution in [-0.4, -0.2) is 24.5 Å². The summed E-state index contributed by atoms with van der Waals surface area (Å²) in [7, 11) is 0. The van der Waals surface area contributed by atoms with E-state index in [9.17, 15) is 9.59 Å². The minimum Gasteiger partial charge on any atom is -0.368 e. The van der Waals surface area contributed by atoms with Crippen LogP contribution >= 0.6 is 0 Å². The molecule has 3 amide bonds. The lowest BCUT2D eigenvalue weighted by Gasteiger charge is -2.09. The van der Waals surface area contributed by atoms with Gasteiger partial charge in [-0.3, -0.25) is 4.79 Å². The number of primary amides is 1. The fourth-order valence-electron chi connectivity index (χ4n) is 0.479. The number of hydrogen-bond acceptors (Lipinski definition) is 2. The first-order valence-electron chi connectivity index (χ1n) is 3.41. The maximum atomic E-state index is 10.7. The Hall–Kier alpha value is -1.26. The summed E-state index contributed by atoms with van der Waals surface area (Å²) >= 11 is 0. The van der Waals surface area contributed by atoms with Crippen molar-refractivity contribution in [1.29, 1.82) is 0 Å². The number of carbonyl (C=O) groups excluding carboxylic acids is 2. The summed E-state index contributed by atoms with van der Waals surface area (Å²) in [5.74, 6) is -0.545. The molecule has 0 bridgehead atoms. The molecule has 0 fully saturated rings. The van der Waals surface area contributed by atoms with Crippen molar-refractivity contribution in [1.82, 2.24) is 10.6 Å². The lowest BCUT2D eigenvalue weighted by Crippen LogP contribution is -2.46. The van der Waals surface area contributed by atoms with E-state index in [2.05, 4.69) is 10.6 Å². The maximum absolute atomic E-state index is 10.7. The Morgan fingerprint density at radius 1 is 1.55 bits per heavy atom. The van der Waals surface area contributed by atoms with Crippen LogP contribution < -0.4 is 16.4 Å². The first-order chi connectivity index (χ1) is 5.07. The van der Waals surface area contributed by atoms with Gasteiger partial charge >= 0.3 is 6.03 Å². The molecule has 64 valence electrons. The van der Waals surface area contributed by atoms with Crippen LogP contribution in [0.1, 0.15) is 13.8 Å². The highest BCUT2D eigenvalue weighted by molar-refractivity contribution is 5.85. The fourth-order valence-corrected chi connectivity index (χ4v) is 0.479. The number of hydrogen-bond donors (Lipinski definition) is 3. The minimum atomic E-state index is -0.624. The number of carbonyl (C=O) groups is 2. The Labute approximate surface area is 65.3 Å². The SMILES string of the molecule is CCNC(=O)NC(C)C(N)=O. The van der Waals surface area contributed by atoms with Crippen molar-refractivity contribution in [2.75, 3.05) is 6.54 Å². The minimum absolute atomic E-state index is 0.376. The van der Waals surface area contributed by atoms with Gasteiger partial charge in [0.25, 0.3) is 0 Å². The second-order valence-electron chi connectivity index (χ2n) is 2.13. The van der Waals surface area contributed by atoms with Crippen LogP contribution in [0.5, 0.6) is 0 Å². The van der Waals surface area contributed by atoms with Gasteiger partial charge in [0, 0.05) is 6.54 Å². The van der Waals surface area contributed by atoms with Crippen LogP contribution in [0.3, 0.4) is 0 Å². The van der Waals surface area contributed by atoms with Gasteiger partial charge in [0.1, 0.15) is 6.04 Å². The van der Waals surface area contributed by atoms with Crippen molar-refractivity contribution in [2.24, 2.45) is 5.73 Å². The van der Waals surface area contributed by atoms with Gasteiger partial charge in [0.2, 0.25) is 5.91 Å². The number of amides is 3. The van der Waals surface area contributed by atoms with Gasteiger partial charge in [-0.1, -0.05) is 0 Å². The molecule has 5 nitrogen and oxygen atoms in total. The summed E-state index contributed by atoms with van der Waals surface area (Å²) in [6.45, 7) is 3.84. The van der Waals surface area contributed by atoms with E-state index in [1.54, 1.807) is 6.92 Å². The number of nitrogens with two attached hydrogens (primary N) is 1. The molecular formula is C6H13N3O2. The highest BCUT2D eigenvalue weighted by atomic mass is 16.2. The highest BCUT2D eigenvalue weighted by Gasteiger charge is 2.10. The van der Waals surface area contributed by atoms with Crippen molar-refractivity contribution in [3.63, 3.8) is 0 Å². The summed E-state index contributed by atoms with van der Waals surface area (Å²) in [4.78, 5) is 21.1. The molecule has 0 heterocycles. The first kappa shape index (κ1) is 9.74. The standard InChI is InChI=1S/C6H13N3O2/c1-3-8-6(11)9-4(2)5(7)10/h4H,3H2,1-2H3,(H2,7,10)(H2,8,9,11). The van der Waals surface area contributed by atoms with E-state index in [0.717, 1.165) is 0 Å². The van der Waals surface area contributed by atoms with Crippen molar-refractivity contribution >= 4 is 11.9 Å². The normalized spacial score (nSPS) is 11.8. The third-order valence-corrected chi connectivity index (χ3v) is 1.11. The Balaban J connectivity index is 3.66. The summed E-state index contributed by atoms with van der Waals surface area (Å²) < 4.78 is 0. The predicted octanol–water partition coefficient (Wildman–Crippen LogP) is -0.821. The molecule has 0 radical (unpaired) electrons. The van der Waals surface area contributed by atoms with Gasteiger partial charge in [0.05, 0.1) is 0 Å². The van der Waals surface area contributed by atoms with Gasteiger partial charge in [-0.2, -0.15) is 0 Å². The van der Waals surface area contributed by atoms with Crippen molar-refractivity contribution in [3.05, 3.63) is 0 Å². The molecule has 0 aliphatic heterocycles.